The Labute approximate surface area is 149 Å². The topological polar surface area (TPSA) is 58.6 Å². The van der Waals surface area contributed by atoms with Gasteiger partial charge in [0.15, 0.2) is 0 Å². The van der Waals surface area contributed by atoms with Crippen LogP contribution in [0.1, 0.15) is 36.7 Å². The first kappa shape index (κ1) is 18.9. The van der Waals surface area contributed by atoms with Crippen LogP contribution in [0.5, 0.6) is 0 Å². The quantitative estimate of drug-likeness (QED) is 0.661. The van der Waals surface area contributed by atoms with E-state index in [2.05, 4.69) is 5.32 Å². The number of carbonyl (C=O) groups is 2. The number of amides is 2. The largest absolute Gasteiger partial charge is 0.372 e. The summed E-state index contributed by atoms with van der Waals surface area (Å²) in [5.74, 6) is -0.124. The van der Waals surface area contributed by atoms with E-state index in [1.165, 1.54) is 6.08 Å². The lowest BCUT2D eigenvalue weighted by Crippen LogP contribution is -2.48. The number of nitrogens with one attached hydrogen (secondary N) is 1. The van der Waals surface area contributed by atoms with Crippen molar-refractivity contribution in [3.05, 3.63) is 59.7 Å². The molecule has 1 heterocycles. The minimum Gasteiger partial charge on any atom is -0.372 e. The number of carbonyl (C=O) groups excluding carboxylic acids is 2. The van der Waals surface area contributed by atoms with Gasteiger partial charge >= 0.3 is 0 Å². The SMILES string of the molecule is C/C=C/C=C/C(=O)NCc1ccc(C(=O)N2C[C@@H](C)O[C@@H](C)C2)cc1. The minimum absolute atomic E-state index is 0.0203. The number of hydrogen-bond donors (Lipinski definition) is 1. The zero-order valence-electron chi connectivity index (χ0n) is 15.1. The van der Waals surface area contributed by atoms with E-state index in [1.54, 1.807) is 12.2 Å². The molecule has 0 aromatic heterocycles. The molecule has 5 nitrogen and oxygen atoms in total. The van der Waals surface area contributed by atoms with Gasteiger partial charge < -0.3 is 15.0 Å². The molecule has 0 saturated carbocycles. The van der Waals surface area contributed by atoms with Crippen LogP contribution in [-0.2, 0) is 16.1 Å². The van der Waals surface area contributed by atoms with E-state index in [0.717, 1.165) is 5.56 Å². The maximum Gasteiger partial charge on any atom is 0.254 e. The number of benzene rings is 1. The zero-order valence-corrected chi connectivity index (χ0v) is 15.1. The lowest BCUT2D eigenvalue weighted by Gasteiger charge is -2.35. The third kappa shape index (κ3) is 5.87. The molecular weight excluding hydrogens is 316 g/mol. The van der Waals surface area contributed by atoms with Crippen molar-refractivity contribution in [3.8, 4) is 0 Å². The monoisotopic (exact) mass is 342 g/mol. The molecule has 0 spiro atoms. The molecule has 1 aliphatic rings. The number of hydrogen-bond acceptors (Lipinski definition) is 3. The standard InChI is InChI=1S/C20H26N2O3/c1-4-5-6-7-19(23)21-12-17-8-10-18(11-9-17)20(24)22-13-15(2)25-16(3)14-22/h4-11,15-16H,12-14H2,1-3H3,(H,21,23)/b5-4+,7-6+/t15-,16+. The van der Waals surface area contributed by atoms with Gasteiger partial charge in [0.25, 0.3) is 5.91 Å². The average Bonchev–Trinajstić information content (AvgIpc) is 2.59. The van der Waals surface area contributed by atoms with Crippen LogP contribution in [0.2, 0.25) is 0 Å². The first-order valence-electron chi connectivity index (χ1n) is 8.60. The Balaban J connectivity index is 1.91. The summed E-state index contributed by atoms with van der Waals surface area (Å²) in [4.78, 5) is 26.1. The molecule has 2 amide bonds. The first-order valence-corrected chi connectivity index (χ1v) is 8.60. The Hall–Kier alpha value is -2.40. The van der Waals surface area contributed by atoms with Crippen molar-refractivity contribution in [1.29, 1.82) is 0 Å². The van der Waals surface area contributed by atoms with Crippen molar-refractivity contribution in [2.45, 2.75) is 39.5 Å². The molecule has 1 saturated heterocycles. The molecule has 1 fully saturated rings. The molecule has 1 N–H and O–H groups in total. The Kier molecular flexibility index (Phi) is 6.95. The van der Waals surface area contributed by atoms with Crippen LogP contribution >= 0.6 is 0 Å². The second kappa shape index (κ2) is 9.18. The van der Waals surface area contributed by atoms with Gasteiger partial charge in [-0.1, -0.05) is 30.4 Å². The summed E-state index contributed by atoms with van der Waals surface area (Å²) in [6.45, 7) is 7.50. The van der Waals surface area contributed by atoms with E-state index in [4.69, 9.17) is 4.74 Å². The van der Waals surface area contributed by atoms with Gasteiger partial charge in [0.05, 0.1) is 12.2 Å². The lowest BCUT2D eigenvalue weighted by atomic mass is 10.1. The first-order chi connectivity index (χ1) is 12.0. The van der Waals surface area contributed by atoms with E-state index in [0.29, 0.717) is 25.2 Å². The molecule has 134 valence electrons. The fourth-order valence-electron chi connectivity index (χ4n) is 2.79. The predicted molar refractivity (Wildman–Crippen MR) is 98.2 cm³/mol. The summed E-state index contributed by atoms with van der Waals surface area (Å²) in [5.41, 5.74) is 1.61. The van der Waals surface area contributed by atoms with Crippen molar-refractivity contribution in [1.82, 2.24) is 10.2 Å². The summed E-state index contributed by atoms with van der Waals surface area (Å²) in [7, 11) is 0. The molecule has 5 heteroatoms. The third-order valence-electron chi connectivity index (χ3n) is 3.93. The van der Waals surface area contributed by atoms with Crippen LogP contribution in [0.4, 0.5) is 0 Å². The fraction of sp³-hybridized carbons (Fsp3) is 0.400. The van der Waals surface area contributed by atoms with Crippen LogP contribution in [-0.4, -0.2) is 42.0 Å². The van der Waals surface area contributed by atoms with Gasteiger partial charge in [-0.05, 0) is 38.5 Å². The number of rotatable bonds is 5. The van der Waals surface area contributed by atoms with E-state index in [9.17, 15) is 9.59 Å². The van der Waals surface area contributed by atoms with Gasteiger partial charge in [-0.3, -0.25) is 9.59 Å². The van der Waals surface area contributed by atoms with E-state index in [-0.39, 0.29) is 24.0 Å². The fourth-order valence-corrected chi connectivity index (χ4v) is 2.79. The molecule has 0 unspecified atom stereocenters. The van der Waals surface area contributed by atoms with Crippen molar-refractivity contribution in [2.75, 3.05) is 13.1 Å². The molecular formula is C20H26N2O3. The van der Waals surface area contributed by atoms with Crippen molar-refractivity contribution in [3.63, 3.8) is 0 Å². The molecule has 0 radical (unpaired) electrons. The molecule has 0 bridgehead atoms. The highest BCUT2D eigenvalue weighted by atomic mass is 16.5. The van der Waals surface area contributed by atoms with E-state index < -0.39 is 0 Å². The molecule has 1 aromatic carbocycles. The minimum atomic E-state index is -0.144. The molecule has 2 atom stereocenters. The van der Waals surface area contributed by atoms with Crippen molar-refractivity contribution in [2.24, 2.45) is 0 Å². The summed E-state index contributed by atoms with van der Waals surface area (Å²) in [5, 5.41) is 2.81. The third-order valence-corrected chi connectivity index (χ3v) is 3.93. The van der Waals surface area contributed by atoms with Crippen LogP contribution in [0.25, 0.3) is 0 Å². The Morgan fingerprint density at radius 1 is 1.16 bits per heavy atom. The predicted octanol–water partition coefficient (Wildman–Crippen LogP) is 2.68. The number of ether oxygens (including phenoxy) is 1. The summed E-state index contributed by atoms with van der Waals surface area (Å²) in [6.07, 6.45) is 6.94. The number of allylic oxidation sites excluding steroid dienone is 3. The molecule has 1 aliphatic heterocycles. The van der Waals surface area contributed by atoms with E-state index in [1.807, 2.05) is 56.0 Å². The maximum absolute atomic E-state index is 12.6. The normalized spacial score (nSPS) is 21.0. The Morgan fingerprint density at radius 2 is 1.80 bits per heavy atom. The van der Waals surface area contributed by atoms with Crippen LogP contribution < -0.4 is 5.32 Å². The van der Waals surface area contributed by atoms with Gasteiger partial charge in [-0.25, -0.2) is 0 Å². The molecule has 2 rings (SSSR count). The summed E-state index contributed by atoms with van der Waals surface area (Å²) in [6, 6.07) is 7.36. The number of morpholine rings is 1. The zero-order chi connectivity index (χ0) is 18.2. The lowest BCUT2D eigenvalue weighted by molar-refractivity contribution is -0.116. The summed E-state index contributed by atoms with van der Waals surface area (Å²) < 4.78 is 5.67. The Morgan fingerprint density at radius 3 is 2.40 bits per heavy atom. The number of nitrogens with zero attached hydrogens (tertiary/aromatic N) is 1. The van der Waals surface area contributed by atoms with Crippen LogP contribution in [0.15, 0.2) is 48.6 Å². The maximum atomic E-state index is 12.6. The molecule has 25 heavy (non-hydrogen) atoms. The molecule has 1 aromatic rings. The smallest absolute Gasteiger partial charge is 0.254 e. The average molecular weight is 342 g/mol. The van der Waals surface area contributed by atoms with Gasteiger partial charge in [-0.2, -0.15) is 0 Å². The van der Waals surface area contributed by atoms with Crippen molar-refractivity contribution < 1.29 is 14.3 Å². The highest BCUT2D eigenvalue weighted by molar-refractivity contribution is 5.94. The van der Waals surface area contributed by atoms with Gasteiger partial charge in [-0.15, -0.1) is 0 Å². The second-order valence-corrected chi connectivity index (χ2v) is 6.27. The molecule has 0 aliphatic carbocycles. The van der Waals surface area contributed by atoms with E-state index >= 15 is 0 Å². The second-order valence-electron chi connectivity index (χ2n) is 6.27. The van der Waals surface area contributed by atoms with Crippen LogP contribution in [0.3, 0.4) is 0 Å². The highest BCUT2D eigenvalue weighted by Gasteiger charge is 2.26. The van der Waals surface area contributed by atoms with Crippen molar-refractivity contribution >= 4 is 11.8 Å². The van der Waals surface area contributed by atoms with Gasteiger partial charge in [0.1, 0.15) is 0 Å². The van der Waals surface area contributed by atoms with Gasteiger partial charge in [0, 0.05) is 31.3 Å². The highest BCUT2D eigenvalue weighted by Crippen LogP contribution is 2.15. The Bertz CT molecular complexity index is 639. The van der Waals surface area contributed by atoms with Gasteiger partial charge in [0.2, 0.25) is 5.91 Å². The summed E-state index contributed by atoms with van der Waals surface area (Å²) >= 11 is 0. The van der Waals surface area contributed by atoms with Crippen LogP contribution in [0, 0.1) is 0 Å².